The lowest BCUT2D eigenvalue weighted by molar-refractivity contribution is 0.526. The van der Waals surface area contributed by atoms with E-state index < -0.39 is 0 Å². The second kappa shape index (κ2) is 4.71. The van der Waals surface area contributed by atoms with Crippen LogP contribution in [-0.4, -0.2) is 9.97 Å². The molecule has 0 saturated heterocycles. The molecule has 5 heteroatoms. The molecule has 0 amide bonds. The number of rotatable bonds is 3. The zero-order valence-corrected chi connectivity index (χ0v) is 11.3. The molecule has 3 rings (SSSR count). The quantitative estimate of drug-likeness (QED) is 0.677. The van der Waals surface area contributed by atoms with Gasteiger partial charge in [-0.2, -0.15) is 0 Å². The van der Waals surface area contributed by atoms with E-state index in [4.69, 9.17) is 16.0 Å². The molecule has 2 heterocycles. The summed E-state index contributed by atoms with van der Waals surface area (Å²) in [7, 11) is 0. The summed E-state index contributed by atoms with van der Waals surface area (Å²) in [5.74, 6) is 0.669. The van der Waals surface area contributed by atoms with E-state index in [1.165, 1.54) is 0 Å². The highest BCUT2D eigenvalue weighted by molar-refractivity contribution is 7.11. The van der Waals surface area contributed by atoms with Crippen LogP contribution in [0.25, 0.3) is 11.1 Å². The van der Waals surface area contributed by atoms with E-state index in [0.29, 0.717) is 12.3 Å². The molecule has 0 aliphatic carbocycles. The Balaban J connectivity index is 1.83. The van der Waals surface area contributed by atoms with Crippen LogP contribution in [0.4, 0.5) is 0 Å². The number of thiazole rings is 1. The lowest BCUT2D eigenvalue weighted by Crippen LogP contribution is -1.93. The monoisotopic (exact) mass is 278 g/mol. The number of aromatic nitrogens is 2. The van der Waals surface area contributed by atoms with Crippen LogP contribution in [0.3, 0.4) is 0 Å². The normalized spacial score (nSPS) is 13.0. The zero-order valence-electron chi connectivity index (χ0n) is 9.76. The Hall–Kier alpha value is -1.39. The number of oxazole rings is 1. The first-order valence-corrected chi connectivity index (χ1v) is 6.88. The van der Waals surface area contributed by atoms with Crippen molar-refractivity contribution in [2.24, 2.45) is 0 Å². The fourth-order valence-electron chi connectivity index (χ4n) is 1.78. The number of fused-ring (bicyclic) bond motifs is 1. The highest BCUT2D eigenvalue weighted by Gasteiger charge is 2.15. The number of para-hydroxylation sites is 2. The minimum absolute atomic E-state index is 0.135. The molecule has 1 aromatic carbocycles. The van der Waals surface area contributed by atoms with Gasteiger partial charge in [0, 0.05) is 17.5 Å². The van der Waals surface area contributed by atoms with Gasteiger partial charge in [0.1, 0.15) is 5.52 Å². The van der Waals surface area contributed by atoms with Crippen LogP contribution in [-0.2, 0) is 6.42 Å². The van der Waals surface area contributed by atoms with Crippen molar-refractivity contribution < 1.29 is 4.42 Å². The van der Waals surface area contributed by atoms with Gasteiger partial charge in [-0.3, -0.25) is 0 Å². The van der Waals surface area contributed by atoms with E-state index in [1.54, 1.807) is 11.3 Å². The van der Waals surface area contributed by atoms with Crippen LogP contribution >= 0.6 is 22.9 Å². The van der Waals surface area contributed by atoms with Crippen LogP contribution in [0.15, 0.2) is 34.9 Å². The van der Waals surface area contributed by atoms with E-state index >= 15 is 0 Å². The van der Waals surface area contributed by atoms with Gasteiger partial charge in [-0.05, 0) is 19.1 Å². The molecule has 0 aliphatic heterocycles. The maximum absolute atomic E-state index is 6.35. The smallest absolute Gasteiger partial charge is 0.197 e. The summed E-state index contributed by atoms with van der Waals surface area (Å²) in [4.78, 5) is 9.68. The number of aryl methyl sites for hydroxylation is 1. The molecular formula is C13H11ClN2OS. The second-order valence-corrected chi connectivity index (χ2v) is 5.82. The van der Waals surface area contributed by atoms with Crippen LogP contribution < -0.4 is 0 Å². The number of nitrogens with zero attached hydrogens (tertiary/aromatic N) is 2. The van der Waals surface area contributed by atoms with Crippen molar-refractivity contribution in [3.05, 3.63) is 46.2 Å². The fourth-order valence-corrected chi connectivity index (χ4v) is 2.87. The Morgan fingerprint density at radius 1 is 1.39 bits per heavy atom. The zero-order chi connectivity index (χ0) is 12.5. The number of halogens is 1. The molecule has 92 valence electrons. The average molecular weight is 279 g/mol. The summed E-state index contributed by atoms with van der Waals surface area (Å²) >= 11 is 7.96. The molecule has 18 heavy (non-hydrogen) atoms. The maximum atomic E-state index is 6.35. The first kappa shape index (κ1) is 11.7. The fraction of sp³-hybridized carbons (Fsp3) is 0.231. The first-order valence-electron chi connectivity index (χ1n) is 5.63. The third-order valence-electron chi connectivity index (χ3n) is 2.64. The SMILES string of the molecule is Cc1ncc(C(Cl)Cc2nc3ccccc3o2)s1. The van der Waals surface area contributed by atoms with Gasteiger partial charge < -0.3 is 4.42 Å². The number of hydrogen-bond acceptors (Lipinski definition) is 4. The lowest BCUT2D eigenvalue weighted by Gasteiger charge is -2.01. The van der Waals surface area contributed by atoms with Crippen molar-refractivity contribution >= 4 is 34.0 Å². The van der Waals surface area contributed by atoms with Gasteiger partial charge in [-0.15, -0.1) is 22.9 Å². The molecule has 0 aliphatic rings. The molecule has 3 aromatic rings. The third-order valence-corrected chi connectivity index (χ3v) is 4.19. The standard InChI is InChI=1S/C13H11ClN2OS/c1-8-15-7-12(18-8)9(14)6-13-16-10-4-2-3-5-11(10)17-13/h2-5,7,9H,6H2,1H3. The molecule has 0 fully saturated rings. The van der Waals surface area contributed by atoms with Crippen LogP contribution in [0.2, 0.25) is 0 Å². The van der Waals surface area contributed by atoms with Crippen molar-refractivity contribution in [1.82, 2.24) is 9.97 Å². The van der Waals surface area contributed by atoms with Crippen molar-refractivity contribution in [1.29, 1.82) is 0 Å². The Morgan fingerprint density at radius 2 is 2.22 bits per heavy atom. The highest BCUT2D eigenvalue weighted by atomic mass is 35.5. The van der Waals surface area contributed by atoms with E-state index in [2.05, 4.69) is 9.97 Å². The highest BCUT2D eigenvalue weighted by Crippen LogP contribution is 2.29. The van der Waals surface area contributed by atoms with E-state index in [1.807, 2.05) is 37.4 Å². The molecule has 0 N–H and O–H groups in total. The van der Waals surface area contributed by atoms with Crippen LogP contribution in [0.1, 0.15) is 21.2 Å². The van der Waals surface area contributed by atoms with Gasteiger partial charge in [0.2, 0.25) is 0 Å². The number of benzene rings is 1. The summed E-state index contributed by atoms with van der Waals surface area (Å²) in [5.41, 5.74) is 1.67. The molecular weight excluding hydrogens is 268 g/mol. The minimum atomic E-state index is -0.135. The molecule has 1 atom stereocenters. The molecule has 0 spiro atoms. The Bertz CT molecular complexity index is 643. The topological polar surface area (TPSA) is 38.9 Å². The summed E-state index contributed by atoms with van der Waals surface area (Å²) < 4.78 is 5.66. The van der Waals surface area contributed by atoms with Crippen molar-refractivity contribution in [2.45, 2.75) is 18.7 Å². The summed E-state index contributed by atoms with van der Waals surface area (Å²) in [6, 6.07) is 7.72. The molecule has 0 bridgehead atoms. The second-order valence-electron chi connectivity index (χ2n) is 4.03. The first-order chi connectivity index (χ1) is 8.72. The van der Waals surface area contributed by atoms with Crippen LogP contribution in [0.5, 0.6) is 0 Å². The molecule has 1 unspecified atom stereocenters. The molecule has 0 saturated carbocycles. The predicted octanol–water partition coefficient (Wildman–Crippen LogP) is 4.12. The molecule has 0 radical (unpaired) electrons. The van der Waals surface area contributed by atoms with E-state index in [0.717, 1.165) is 21.0 Å². The minimum Gasteiger partial charge on any atom is -0.441 e. The number of alkyl halides is 1. The Morgan fingerprint density at radius 3 is 2.94 bits per heavy atom. The summed E-state index contributed by atoms with van der Waals surface area (Å²) in [6.07, 6.45) is 2.40. The van der Waals surface area contributed by atoms with Crippen molar-refractivity contribution in [3.8, 4) is 0 Å². The van der Waals surface area contributed by atoms with E-state index in [-0.39, 0.29) is 5.38 Å². The van der Waals surface area contributed by atoms with Gasteiger partial charge in [-0.25, -0.2) is 9.97 Å². The summed E-state index contributed by atoms with van der Waals surface area (Å²) in [6.45, 7) is 1.97. The average Bonchev–Trinajstić information content (AvgIpc) is 2.94. The van der Waals surface area contributed by atoms with Gasteiger partial charge in [0.15, 0.2) is 11.5 Å². The van der Waals surface area contributed by atoms with E-state index in [9.17, 15) is 0 Å². The van der Waals surface area contributed by atoms with Gasteiger partial charge >= 0.3 is 0 Å². The van der Waals surface area contributed by atoms with Gasteiger partial charge in [0.25, 0.3) is 0 Å². The Labute approximate surface area is 113 Å². The van der Waals surface area contributed by atoms with Crippen molar-refractivity contribution in [3.63, 3.8) is 0 Å². The van der Waals surface area contributed by atoms with Gasteiger partial charge in [0.05, 0.1) is 10.4 Å². The van der Waals surface area contributed by atoms with Crippen molar-refractivity contribution in [2.75, 3.05) is 0 Å². The number of hydrogen-bond donors (Lipinski definition) is 0. The third kappa shape index (κ3) is 2.26. The van der Waals surface area contributed by atoms with Gasteiger partial charge in [-0.1, -0.05) is 12.1 Å². The summed E-state index contributed by atoms with van der Waals surface area (Å²) in [5, 5.41) is 0.887. The molecule has 3 nitrogen and oxygen atoms in total. The van der Waals surface area contributed by atoms with Crippen LogP contribution in [0, 0.1) is 6.92 Å². The largest absolute Gasteiger partial charge is 0.441 e. The lowest BCUT2D eigenvalue weighted by atomic mass is 10.3. The Kier molecular flexibility index (Phi) is 3.06. The predicted molar refractivity (Wildman–Crippen MR) is 73.2 cm³/mol. The molecule has 2 aromatic heterocycles. The maximum Gasteiger partial charge on any atom is 0.197 e.